The quantitative estimate of drug-likeness (QED) is 0.458. The fourth-order valence-corrected chi connectivity index (χ4v) is 5.98. The second-order valence-corrected chi connectivity index (χ2v) is 10.7. The van der Waals surface area contributed by atoms with Gasteiger partial charge < -0.3 is 5.32 Å². The van der Waals surface area contributed by atoms with Crippen LogP contribution in [0.25, 0.3) is 5.69 Å². The Balaban J connectivity index is 1.62. The van der Waals surface area contributed by atoms with Gasteiger partial charge in [-0.15, -0.1) is 0 Å². The third-order valence-corrected chi connectivity index (χ3v) is 7.80. The summed E-state index contributed by atoms with van der Waals surface area (Å²) in [5, 5.41) is 7.71. The number of hydrogen-bond donors (Lipinski definition) is 1. The number of hydrogen-bond acceptors (Lipinski definition) is 4. The highest BCUT2D eigenvalue weighted by Crippen LogP contribution is 2.35. The Kier molecular flexibility index (Phi) is 5.57. The number of nitrogens with one attached hydrogen (secondary N) is 1. The number of sulfone groups is 1. The molecule has 0 aliphatic carbocycles. The van der Waals surface area contributed by atoms with Crippen LogP contribution in [-0.4, -0.2) is 24.1 Å². The Morgan fingerprint density at radius 3 is 2.12 bits per heavy atom. The van der Waals surface area contributed by atoms with Crippen LogP contribution in [0, 0.1) is 13.8 Å². The fraction of sp³-hybridized carbons (Fsp3) is 0.185. The SMILES string of the molecule is Cc1cccc(-n2nc3c(c2NC(=O)C(c2ccccc2)c2ccccc2)CS(=O)(=O)C3)c1C. The Labute approximate surface area is 199 Å². The zero-order valence-corrected chi connectivity index (χ0v) is 19.8. The van der Waals surface area contributed by atoms with Gasteiger partial charge in [-0.3, -0.25) is 4.79 Å². The minimum atomic E-state index is -3.29. The molecule has 0 saturated heterocycles. The normalized spacial score (nSPS) is 14.2. The maximum Gasteiger partial charge on any atom is 0.237 e. The standard InChI is InChI=1S/C27H25N3O3S/c1-18-10-9-15-24(19(18)2)30-26(22-16-34(32,33)17-23(22)29-30)28-27(31)25(20-11-5-3-6-12-20)21-13-7-4-8-14-21/h3-15,25H,16-17H2,1-2H3,(H,28,31). The van der Waals surface area contributed by atoms with Gasteiger partial charge in [0.1, 0.15) is 5.82 Å². The van der Waals surface area contributed by atoms with Gasteiger partial charge in [-0.05, 0) is 42.2 Å². The van der Waals surface area contributed by atoms with Crippen molar-refractivity contribution < 1.29 is 13.2 Å². The fourth-order valence-electron chi connectivity index (χ4n) is 4.49. The van der Waals surface area contributed by atoms with Crippen molar-refractivity contribution >= 4 is 21.6 Å². The van der Waals surface area contributed by atoms with Gasteiger partial charge in [0.25, 0.3) is 0 Å². The molecule has 3 aromatic carbocycles. The molecule has 0 fully saturated rings. The van der Waals surface area contributed by atoms with E-state index in [1.165, 1.54) is 0 Å². The van der Waals surface area contributed by atoms with Crippen LogP contribution < -0.4 is 5.32 Å². The number of fused-ring (bicyclic) bond motifs is 1. The molecule has 7 heteroatoms. The summed E-state index contributed by atoms with van der Waals surface area (Å²) in [6, 6.07) is 25.0. The lowest BCUT2D eigenvalue weighted by Gasteiger charge is -2.20. The molecule has 1 aliphatic heterocycles. The largest absolute Gasteiger partial charge is 0.309 e. The summed E-state index contributed by atoms with van der Waals surface area (Å²) < 4.78 is 26.4. The van der Waals surface area contributed by atoms with Crippen molar-refractivity contribution in [3.05, 3.63) is 112 Å². The lowest BCUT2D eigenvalue weighted by Crippen LogP contribution is -2.24. The smallest absolute Gasteiger partial charge is 0.237 e. The van der Waals surface area contributed by atoms with Crippen LogP contribution >= 0.6 is 0 Å². The second kappa shape index (κ2) is 8.57. The molecule has 0 bridgehead atoms. The average Bonchev–Trinajstić information content (AvgIpc) is 3.29. The van der Waals surface area contributed by atoms with E-state index in [1.54, 1.807) is 4.68 Å². The lowest BCUT2D eigenvalue weighted by molar-refractivity contribution is -0.116. The van der Waals surface area contributed by atoms with Crippen LogP contribution in [0.15, 0.2) is 78.9 Å². The van der Waals surface area contributed by atoms with Crippen LogP contribution in [0.2, 0.25) is 0 Å². The van der Waals surface area contributed by atoms with Crippen molar-refractivity contribution in [3.63, 3.8) is 0 Å². The Hall–Kier alpha value is -3.71. The van der Waals surface area contributed by atoms with E-state index in [0.717, 1.165) is 27.9 Å². The van der Waals surface area contributed by atoms with Crippen LogP contribution in [-0.2, 0) is 26.1 Å². The van der Waals surface area contributed by atoms with Gasteiger partial charge >= 0.3 is 0 Å². The number of aromatic nitrogens is 2. The molecule has 2 heterocycles. The molecule has 6 nitrogen and oxygen atoms in total. The summed E-state index contributed by atoms with van der Waals surface area (Å²) in [6.45, 7) is 4.01. The first-order chi connectivity index (χ1) is 16.3. The zero-order chi connectivity index (χ0) is 23.9. The van der Waals surface area contributed by atoms with Gasteiger partial charge in [0.05, 0.1) is 28.8 Å². The molecule has 34 heavy (non-hydrogen) atoms. The first kappa shape index (κ1) is 22.1. The molecule has 0 atom stereocenters. The summed E-state index contributed by atoms with van der Waals surface area (Å²) in [4.78, 5) is 13.8. The van der Waals surface area contributed by atoms with Crippen molar-refractivity contribution in [1.82, 2.24) is 9.78 Å². The van der Waals surface area contributed by atoms with E-state index in [-0.39, 0.29) is 17.4 Å². The van der Waals surface area contributed by atoms with Gasteiger partial charge in [0, 0.05) is 5.56 Å². The van der Waals surface area contributed by atoms with E-state index >= 15 is 0 Å². The van der Waals surface area contributed by atoms with Crippen molar-refractivity contribution in [1.29, 1.82) is 0 Å². The van der Waals surface area contributed by atoms with E-state index in [4.69, 9.17) is 0 Å². The first-order valence-corrected chi connectivity index (χ1v) is 12.9. The second-order valence-electron chi connectivity index (χ2n) is 8.68. The first-order valence-electron chi connectivity index (χ1n) is 11.1. The molecular weight excluding hydrogens is 446 g/mol. The predicted octanol–water partition coefficient (Wildman–Crippen LogP) is 4.69. The molecule has 172 valence electrons. The summed E-state index contributed by atoms with van der Waals surface area (Å²) in [7, 11) is -3.29. The van der Waals surface area contributed by atoms with E-state index in [9.17, 15) is 13.2 Å². The minimum Gasteiger partial charge on any atom is -0.309 e. The molecule has 0 radical (unpaired) electrons. The van der Waals surface area contributed by atoms with Crippen molar-refractivity contribution in [3.8, 4) is 5.69 Å². The van der Waals surface area contributed by atoms with Crippen molar-refractivity contribution in [2.75, 3.05) is 5.32 Å². The predicted molar refractivity (Wildman–Crippen MR) is 133 cm³/mol. The summed E-state index contributed by atoms with van der Waals surface area (Å²) >= 11 is 0. The molecule has 4 aromatic rings. The molecule has 1 N–H and O–H groups in total. The van der Waals surface area contributed by atoms with E-state index < -0.39 is 15.8 Å². The van der Waals surface area contributed by atoms with Gasteiger partial charge in [-0.1, -0.05) is 72.8 Å². The number of benzene rings is 3. The topological polar surface area (TPSA) is 81.1 Å². The van der Waals surface area contributed by atoms with Gasteiger partial charge in [0.15, 0.2) is 9.84 Å². The molecule has 1 aromatic heterocycles. The van der Waals surface area contributed by atoms with Crippen LogP contribution in [0.1, 0.15) is 39.4 Å². The third-order valence-electron chi connectivity index (χ3n) is 6.36. The third kappa shape index (κ3) is 4.03. The van der Waals surface area contributed by atoms with E-state index in [1.807, 2.05) is 92.7 Å². The highest BCUT2D eigenvalue weighted by Gasteiger charge is 2.34. The summed E-state index contributed by atoms with van der Waals surface area (Å²) in [5.41, 5.74) is 5.69. The number of rotatable bonds is 5. The van der Waals surface area contributed by atoms with Gasteiger partial charge in [-0.2, -0.15) is 5.10 Å². The number of carbonyl (C=O) groups excluding carboxylic acids is 1. The van der Waals surface area contributed by atoms with Gasteiger partial charge in [-0.25, -0.2) is 13.1 Å². The maximum atomic E-state index is 13.8. The van der Waals surface area contributed by atoms with Crippen LogP contribution in [0.4, 0.5) is 5.82 Å². The summed E-state index contributed by atoms with van der Waals surface area (Å²) in [6.07, 6.45) is 0. The van der Waals surface area contributed by atoms with Gasteiger partial charge in [0.2, 0.25) is 5.91 Å². The van der Waals surface area contributed by atoms with Crippen LogP contribution in [0.5, 0.6) is 0 Å². The van der Waals surface area contributed by atoms with Crippen LogP contribution in [0.3, 0.4) is 0 Å². The Bertz CT molecular complexity index is 1440. The summed E-state index contributed by atoms with van der Waals surface area (Å²) in [5.74, 6) is -0.630. The minimum absolute atomic E-state index is 0.121. The molecule has 1 amide bonds. The molecular formula is C27H25N3O3S. The monoisotopic (exact) mass is 471 g/mol. The van der Waals surface area contributed by atoms with E-state index in [0.29, 0.717) is 17.1 Å². The lowest BCUT2D eigenvalue weighted by atomic mass is 9.90. The number of nitrogens with zero attached hydrogens (tertiary/aromatic N) is 2. The molecule has 0 spiro atoms. The van der Waals surface area contributed by atoms with E-state index in [2.05, 4.69) is 10.4 Å². The zero-order valence-electron chi connectivity index (χ0n) is 19.0. The molecule has 1 aliphatic rings. The molecule has 0 unspecified atom stereocenters. The molecule has 5 rings (SSSR count). The molecule has 0 saturated carbocycles. The number of carbonyl (C=O) groups is 1. The Morgan fingerprint density at radius 2 is 1.50 bits per heavy atom. The Morgan fingerprint density at radius 1 is 0.882 bits per heavy atom. The maximum absolute atomic E-state index is 13.8. The van der Waals surface area contributed by atoms with Crippen molar-refractivity contribution in [2.45, 2.75) is 31.3 Å². The highest BCUT2D eigenvalue weighted by molar-refractivity contribution is 7.90. The van der Waals surface area contributed by atoms with Crippen molar-refractivity contribution in [2.24, 2.45) is 0 Å². The number of anilines is 1. The number of aryl methyl sites for hydroxylation is 1. The number of amides is 1. The highest BCUT2D eigenvalue weighted by atomic mass is 32.2. The average molecular weight is 472 g/mol.